The summed E-state index contributed by atoms with van der Waals surface area (Å²) in [6.07, 6.45) is -9.80. The largest absolute Gasteiger partial charge is 0.394 e. The monoisotopic (exact) mass is 867 g/mol. The van der Waals surface area contributed by atoms with E-state index in [1.807, 2.05) is 0 Å². The van der Waals surface area contributed by atoms with Gasteiger partial charge in [-0.15, -0.1) is 0 Å². The first-order valence-corrected chi connectivity index (χ1v) is 23.3. The van der Waals surface area contributed by atoms with Crippen LogP contribution in [-0.4, -0.2) is 164 Å². The van der Waals surface area contributed by atoms with Gasteiger partial charge >= 0.3 is 0 Å². The van der Waals surface area contributed by atoms with Crippen molar-refractivity contribution >= 4 is 0 Å². The minimum absolute atomic E-state index is 0.0389. The summed E-state index contributed by atoms with van der Waals surface area (Å²) in [5.74, 6) is 3.55. The standard InChI is InChI=1S/C45H73NO15/c1-19-9-14-45(46-17-19)20(2)30-28(61-45)16-27-25-8-7-23-15-24(10-12-43(23,5)26(25)11-13-44(27,30)6)57-41-37(54)35(52)38(29(18-47)58-41)59-42-39(34(51)32(49)22(4)56-42)60-40-36(53)33(50)31(48)21(3)55-40/h7,19-22,24-42,46-54H,8-18H2,1-6H3/t19?,20?,21?,22?,24?,25?,26?,27?,28?,29?,30?,31?,32?,33?,34?,35?,36?,37?,38?,39?,40?,41?,42?,43-,44-,45-/m0/s1. The van der Waals surface area contributed by atoms with Gasteiger partial charge < -0.3 is 74.0 Å². The molecule has 9 N–H and O–H groups in total. The summed E-state index contributed by atoms with van der Waals surface area (Å²) in [6.45, 7) is 13.2. The maximum Gasteiger partial charge on any atom is 0.187 e. The lowest BCUT2D eigenvalue weighted by Gasteiger charge is -2.59. The molecule has 8 fully saturated rings. The summed E-state index contributed by atoms with van der Waals surface area (Å²) in [4.78, 5) is 0. The van der Waals surface area contributed by atoms with E-state index in [4.69, 9.17) is 33.2 Å². The highest BCUT2D eigenvalue weighted by molar-refractivity contribution is 5.26. The van der Waals surface area contributed by atoms with E-state index in [-0.39, 0.29) is 22.7 Å². The lowest BCUT2D eigenvalue weighted by atomic mass is 9.47. The third-order valence-electron chi connectivity index (χ3n) is 17.9. The summed E-state index contributed by atoms with van der Waals surface area (Å²) in [5.41, 5.74) is 1.52. The van der Waals surface area contributed by atoms with Gasteiger partial charge in [0.2, 0.25) is 0 Å². The number of aliphatic hydroxyl groups excluding tert-OH is 8. The second kappa shape index (κ2) is 16.8. The molecule has 23 unspecified atom stereocenters. The summed E-state index contributed by atoms with van der Waals surface area (Å²) >= 11 is 0. The molecule has 3 saturated carbocycles. The lowest BCUT2D eigenvalue weighted by molar-refractivity contribution is -0.386. The maximum absolute atomic E-state index is 11.5. The molecule has 5 saturated heterocycles. The average Bonchev–Trinajstić information content (AvgIpc) is 3.69. The normalized spacial score (nSPS) is 58.4. The zero-order valence-electron chi connectivity index (χ0n) is 36.6. The molecule has 0 aromatic rings. The minimum atomic E-state index is -1.73. The SMILES string of the molecule is CC1CC[C@]2(NC1)OC1CC3C4CC=C5CC(OC6OC(CO)C(OC7OC(C)C(O)C(O)C7OC7OC(C)C(O)C(O)C7O)C(O)C6O)CC[C@]5(C)C4CC[C@]3(C)C1C2C. The van der Waals surface area contributed by atoms with Gasteiger partial charge in [-0.1, -0.05) is 39.3 Å². The number of rotatable bonds is 7. The van der Waals surface area contributed by atoms with E-state index in [2.05, 4.69) is 39.1 Å². The number of aliphatic hydroxyl groups is 8. The molecule has 61 heavy (non-hydrogen) atoms. The molecule has 0 amide bonds. The number of ether oxygens (including phenoxy) is 7. The first kappa shape index (κ1) is 45.3. The zero-order chi connectivity index (χ0) is 43.5. The van der Waals surface area contributed by atoms with Crippen molar-refractivity contribution in [3.63, 3.8) is 0 Å². The quantitative estimate of drug-likeness (QED) is 0.161. The van der Waals surface area contributed by atoms with Gasteiger partial charge in [-0.3, -0.25) is 5.32 Å². The van der Waals surface area contributed by atoms with E-state index < -0.39 is 98.7 Å². The molecule has 0 bridgehead atoms. The van der Waals surface area contributed by atoms with Gasteiger partial charge in [0.1, 0.15) is 66.8 Å². The summed E-state index contributed by atoms with van der Waals surface area (Å²) in [5, 5.41) is 90.1. The van der Waals surface area contributed by atoms with Crippen LogP contribution in [0.3, 0.4) is 0 Å². The highest BCUT2D eigenvalue weighted by Gasteiger charge is 2.68. The topological polar surface area (TPSA) is 238 Å². The second-order valence-corrected chi connectivity index (χ2v) is 21.2. The first-order valence-electron chi connectivity index (χ1n) is 23.3. The Morgan fingerprint density at radius 2 is 1.36 bits per heavy atom. The van der Waals surface area contributed by atoms with Crippen molar-refractivity contribution in [3.8, 4) is 0 Å². The van der Waals surface area contributed by atoms with E-state index in [1.54, 1.807) is 0 Å². The van der Waals surface area contributed by atoms with Gasteiger partial charge in [-0.2, -0.15) is 0 Å². The molecular formula is C45H73NO15. The molecule has 26 atom stereocenters. The van der Waals surface area contributed by atoms with Crippen molar-refractivity contribution in [2.45, 2.75) is 209 Å². The molecular weight excluding hydrogens is 794 g/mol. The average molecular weight is 868 g/mol. The molecule has 5 heterocycles. The Bertz CT molecular complexity index is 1600. The smallest absolute Gasteiger partial charge is 0.187 e. The van der Waals surface area contributed by atoms with Crippen LogP contribution in [0.1, 0.15) is 99.3 Å². The number of fused-ring (bicyclic) bond motifs is 7. The Kier molecular flexibility index (Phi) is 12.4. The molecule has 9 rings (SSSR count). The van der Waals surface area contributed by atoms with Crippen LogP contribution >= 0.6 is 0 Å². The number of piperidine rings is 1. The van der Waals surface area contributed by atoms with Crippen LogP contribution in [0.25, 0.3) is 0 Å². The number of allylic oxidation sites excluding steroid dienone is 1. The van der Waals surface area contributed by atoms with E-state index in [0.29, 0.717) is 48.0 Å². The van der Waals surface area contributed by atoms with Gasteiger partial charge in [0.05, 0.1) is 31.0 Å². The molecule has 5 aliphatic heterocycles. The van der Waals surface area contributed by atoms with E-state index >= 15 is 0 Å². The molecule has 16 nitrogen and oxygen atoms in total. The van der Waals surface area contributed by atoms with Crippen LogP contribution in [0.15, 0.2) is 11.6 Å². The van der Waals surface area contributed by atoms with Crippen molar-refractivity contribution in [3.05, 3.63) is 11.6 Å². The van der Waals surface area contributed by atoms with Crippen LogP contribution in [0, 0.1) is 46.3 Å². The predicted molar refractivity (Wildman–Crippen MR) is 215 cm³/mol. The fourth-order valence-electron chi connectivity index (χ4n) is 14.2. The third-order valence-corrected chi connectivity index (χ3v) is 17.9. The van der Waals surface area contributed by atoms with E-state index in [9.17, 15) is 40.9 Å². The first-order chi connectivity index (χ1) is 28.9. The summed E-state index contributed by atoms with van der Waals surface area (Å²) < 4.78 is 43.0. The third kappa shape index (κ3) is 7.42. The molecule has 348 valence electrons. The van der Waals surface area contributed by atoms with Crippen molar-refractivity contribution < 1.29 is 74.0 Å². The van der Waals surface area contributed by atoms with Crippen LogP contribution < -0.4 is 5.32 Å². The van der Waals surface area contributed by atoms with Crippen LogP contribution in [0.4, 0.5) is 0 Å². The number of hydrogen-bond donors (Lipinski definition) is 9. The fraction of sp³-hybridized carbons (Fsp3) is 0.956. The predicted octanol–water partition coefficient (Wildman–Crippen LogP) is 0.815. The Hall–Kier alpha value is -0.900. The van der Waals surface area contributed by atoms with Gasteiger partial charge in [-0.05, 0) is 112 Å². The second-order valence-electron chi connectivity index (χ2n) is 21.2. The Balaban J connectivity index is 0.843. The van der Waals surface area contributed by atoms with Crippen molar-refractivity contribution in [2.24, 2.45) is 46.3 Å². The van der Waals surface area contributed by atoms with Crippen LogP contribution in [0.2, 0.25) is 0 Å². The highest BCUT2D eigenvalue weighted by atomic mass is 16.8. The Morgan fingerprint density at radius 1 is 0.705 bits per heavy atom. The van der Waals surface area contributed by atoms with Crippen LogP contribution in [0.5, 0.6) is 0 Å². The van der Waals surface area contributed by atoms with Gasteiger partial charge in [0.15, 0.2) is 18.9 Å². The van der Waals surface area contributed by atoms with E-state index in [1.165, 1.54) is 38.7 Å². The molecule has 0 radical (unpaired) electrons. The van der Waals surface area contributed by atoms with Gasteiger partial charge in [0.25, 0.3) is 0 Å². The number of hydrogen-bond acceptors (Lipinski definition) is 16. The zero-order valence-corrected chi connectivity index (χ0v) is 36.6. The van der Waals surface area contributed by atoms with Crippen molar-refractivity contribution in [1.82, 2.24) is 5.32 Å². The number of nitrogens with one attached hydrogen (secondary N) is 1. The van der Waals surface area contributed by atoms with Crippen LogP contribution in [-0.2, 0) is 33.2 Å². The Morgan fingerprint density at radius 3 is 2.07 bits per heavy atom. The highest BCUT2D eigenvalue weighted by Crippen LogP contribution is 2.70. The lowest BCUT2D eigenvalue weighted by Crippen LogP contribution is -2.66. The van der Waals surface area contributed by atoms with Gasteiger partial charge in [0, 0.05) is 12.5 Å². The molecule has 9 aliphatic rings. The maximum atomic E-state index is 11.5. The molecule has 0 aromatic heterocycles. The van der Waals surface area contributed by atoms with E-state index in [0.717, 1.165) is 38.6 Å². The van der Waals surface area contributed by atoms with Crippen molar-refractivity contribution in [2.75, 3.05) is 13.2 Å². The minimum Gasteiger partial charge on any atom is -0.394 e. The van der Waals surface area contributed by atoms with Gasteiger partial charge in [-0.25, -0.2) is 0 Å². The van der Waals surface area contributed by atoms with Crippen molar-refractivity contribution in [1.29, 1.82) is 0 Å². The molecule has 0 aromatic carbocycles. The fourth-order valence-corrected chi connectivity index (χ4v) is 14.2. The summed E-state index contributed by atoms with van der Waals surface area (Å²) in [7, 11) is 0. The molecule has 4 aliphatic carbocycles. The Labute approximate surface area is 359 Å². The molecule has 1 spiro atoms. The summed E-state index contributed by atoms with van der Waals surface area (Å²) in [6, 6.07) is 0. The molecule has 16 heteroatoms.